The third-order valence-corrected chi connectivity index (χ3v) is 2.16. The van der Waals surface area contributed by atoms with Gasteiger partial charge in [0.15, 0.2) is 0 Å². The maximum atomic E-state index is 13.5. The van der Waals surface area contributed by atoms with Gasteiger partial charge >= 0.3 is 0 Å². The number of hydrogen-bond acceptors (Lipinski definition) is 3. The average Bonchev–Trinajstić information content (AvgIpc) is 2.58. The Morgan fingerprint density at radius 3 is 2.60 bits per heavy atom. The molecule has 0 amide bonds. The molecule has 0 atom stereocenters. The van der Waals surface area contributed by atoms with Crippen LogP contribution < -0.4 is 5.73 Å². The molecule has 1 heterocycles. The molecule has 15 heavy (non-hydrogen) atoms. The molecule has 2 rings (SSSR count). The Morgan fingerprint density at radius 2 is 2.00 bits per heavy atom. The standard InChI is InChI=1S/C9H5ClF2N2O/c10-7-2-4(11)1-5(8(7)12)6-3-14-15-9(6)13/h1-3H,13H2. The quantitative estimate of drug-likeness (QED) is 0.767. The van der Waals surface area contributed by atoms with Crippen molar-refractivity contribution in [1.82, 2.24) is 5.16 Å². The van der Waals surface area contributed by atoms with Gasteiger partial charge in [-0.2, -0.15) is 0 Å². The smallest absolute Gasteiger partial charge is 0.230 e. The molecule has 2 N–H and O–H groups in total. The lowest BCUT2D eigenvalue weighted by molar-refractivity contribution is 0.436. The molecule has 0 saturated heterocycles. The molecular weight excluding hydrogens is 226 g/mol. The molecule has 1 aromatic carbocycles. The summed E-state index contributed by atoms with van der Waals surface area (Å²) in [7, 11) is 0. The molecule has 0 bridgehead atoms. The fraction of sp³-hybridized carbons (Fsp3) is 0. The Morgan fingerprint density at radius 1 is 1.27 bits per heavy atom. The van der Waals surface area contributed by atoms with E-state index in [1.54, 1.807) is 0 Å². The van der Waals surface area contributed by atoms with Gasteiger partial charge in [-0.05, 0) is 12.1 Å². The van der Waals surface area contributed by atoms with Crippen molar-refractivity contribution in [3.05, 3.63) is 35.0 Å². The van der Waals surface area contributed by atoms with E-state index in [1.807, 2.05) is 0 Å². The molecule has 3 nitrogen and oxygen atoms in total. The molecule has 1 aromatic heterocycles. The molecule has 78 valence electrons. The number of anilines is 1. The number of nitrogens with zero attached hydrogens (tertiary/aromatic N) is 1. The van der Waals surface area contributed by atoms with Crippen molar-refractivity contribution in [3.8, 4) is 11.1 Å². The molecule has 6 heteroatoms. The first-order valence-corrected chi connectivity index (χ1v) is 4.32. The van der Waals surface area contributed by atoms with E-state index in [0.29, 0.717) is 0 Å². The van der Waals surface area contributed by atoms with Gasteiger partial charge in [-0.3, -0.25) is 0 Å². The van der Waals surface area contributed by atoms with E-state index >= 15 is 0 Å². The third-order valence-electron chi connectivity index (χ3n) is 1.88. The normalized spacial score (nSPS) is 10.6. The van der Waals surface area contributed by atoms with Crippen LogP contribution in [0.1, 0.15) is 0 Å². The van der Waals surface area contributed by atoms with E-state index < -0.39 is 11.6 Å². The highest BCUT2D eigenvalue weighted by Gasteiger charge is 2.16. The van der Waals surface area contributed by atoms with Crippen LogP contribution in [0.3, 0.4) is 0 Å². The summed E-state index contributed by atoms with van der Waals surface area (Å²) in [5.41, 5.74) is 5.48. The van der Waals surface area contributed by atoms with E-state index in [-0.39, 0.29) is 22.0 Å². The van der Waals surface area contributed by atoms with E-state index in [1.165, 1.54) is 6.20 Å². The van der Waals surface area contributed by atoms with Crippen LogP contribution in [0, 0.1) is 11.6 Å². The van der Waals surface area contributed by atoms with Crippen LogP contribution in [0.25, 0.3) is 11.1 Å². The van der Waals surface area contributed by atoms with E-state index in [9.17, 15) is 8.78 Å². The minimum Gasteiger partial charge on any atom is -0.367 e. The lowest BCUT2D eigenvalue weighted by Gasteiger charge is -2.02. The summed E-state index contributed by atoms with van der Waals surface area (Å²) < 4.78 is 31.0. The first kappa shape index (κ1) is 9.92. The fourth-order valence-corrected chi connectivity index (χ4v) is 1.41. The monoisotopic (exact) mass is 230 g/mol. The fourth-order valence-electron chi connectivity index (χ4n) is 1.20. The second-order valence-electron chi connectivity index (χ2n) is 2.85. The van der Waals surface area contributed by atoms with Gasteiger partial charge in [0.1, 0.15) is 11.6 Å². The lowest BCUT2D eigenvalue weighted by Crippen LogP contribution is -1.91. The van der Waals surface area contributed by atoms with Gasteiger partial charge in [0.2, 0.25) is 5.88 Å². The number of nitrogen functional groups attached to an aromatic ring is 1. The zero-order valence-electron chi connectivity index (χ0n) is 7.30. The summed E-state index contributed by atoms with van der Waals surface area (Å²) in [6.45, 7) is 0. The van der Waals surface area contributed by atoms with Gasteiger partial charge in [-0.15, -0.1) is 0 Å². The highest BCUT2D eigenvalue weighted by Crippen LogP contribution is 2.32. The highest BCUT2D eigenvalue weighted by molar-refractivity contribution is 6.31. The molecular formula is C9H5ClF2N2O. The Bertz CT molecular complexity index is 513. The summed E-state index contributed by atoms with van der Waals surface area (Å²) in [6.07, 6.45) is 1.20. The van der Waals surface area contributed by atoms with Crippen LogP contribution >= 0.6 is 11.6 Å². The van der Waals surface area contributed by atoms with Crippen molar-refractivity contribution in [2.45, 2.75) is 0 Å². The van der Waals surface area contributed by atoms with Crippen LogP contribution in [-0.2, 0) is 0 Å². The highest BCUT2D eigenvalue weighted by atomic mass is 35.5. The van der Waals surface area contributed by atoms with E-state index in [0.717, 1.165) is 12.1 Å². The van der Waals surface area contributed by atoms with Gasteiger partial charge in [-0.25, -0.2) is 8.78 Å². The van der Waals surface area contributed by atoms with Crippen LogP contribution in [-0.4, -0.2) is 5.16 Å². The number of nitrogens with two attached hydrogens (primary N) is 1. The predicted molar refractivity (Wildman–Crippen MR) is 51.3 cm³/mol. The summed E-state index contributed by atoms with van der Waals surface area (Å²) >= 11 is 5.48. The Labute approximate surface area is 88.4 Å². The van der Waals surface area contributed by atoms with Crippen LogP contribution in [0.2, 0.25) is 5.02 Å². The maximum Gasteiger partial charge on any atom is 0.230 e. The van der Waals surface area contributed by atoms with Crippen molar-refractivity contribution >= 4 is 17.5 Å². The lowest BCUT2D eigenvalue weighted by atomic mass is 10.1. The summed E-state index contributed by atoms with van der Waals surface area (Å²) in [4.78, 5) is 0. The SMILES string of the molecule is Nc1oncc1-c1cc(F)cc(Cl)c1F. The molecule has 0 spiro atoms. The Hall–Kier alpha value is -1.62. The second-order valence-corrected chi connectivity index (χ2v) is 3.26. The van der Waals surface area contributed by atoms with Gasteiger partial charge < -0.3 is 10.3 Å². The van der Waals surface area contributed by atoms with Crippen molar-refractivity contribution in [2.24, 2.45) is 0 Å². The molecule has 0 aliphatic carbocycles. The summed E-state index contributed by atoms with van der Waals surface area (Å²) in [5, 5.41) is 3.05. The van der Waals surface area contributed by atoms with Crippen molar-refractivity contribution < 1.29 is 13.3 Å². The van der Waals surface area contributed by atoms with Crippen molar-refractivity contribution in [2.75, 3.05) is 5.73 Å². The Balaban J connectivity index is 2.68. The second kappa shape index (κ2) is 3.51. The first-order chi connectivity index (χ1) is 7.09. The first-order valence-electron chi connectivity index (χ1n) is 3.94. The molecule has 0 fully saturated rings. The van der Waals surface area contributed by atoms with Gasteiger partial charge in [-0.1, -0.05) is 16.8 Å². The topological polar surface area (TPSA) is 52.0 Å². The zero-order valence-corrected chi connectivity index (χ0v) is 8.05. The Kier molecular flexibility index (Phi) is 2.32. The molecule has 0 aliphatic rings. The zero-order chi connectivity index (χ0) is 11.0. The minimum atomic E-state index is -0.757. The average molecular weight is 231 g/mol. The van der Waals surface area contributed by atoms with Gasteiger partial charge in [0.05, 0.1) is 16.8 Å². The number of aromatic nitrogens is 1. The maximum absolute atomic E-state index is 13.5. The summed E-state index contributed by atoms with van der Waals surface area (Å²) in [5.74, 6) is -1.50. The minimum absolute atomic E-state index is 0.0706. The third kappa shape index (κ3) is 1.66. The van der Waals surface area contributed by atoms with Gasteiger partial charge in [0.25, 0.3) is 0 Å². The predicted octanol–water partition coefficient (Wildman–Crippen LogP) is 2.86. The number of rotatable bonds is 1. The number of halogens is 3. The number of hydrogen-bond donors (Lipinski definition) is 1. The largest absolute Gasteiger partial charge is 0.367 e. The molecule has 0 unspecified atom stereocenters. The molecule has 0 radical (unpaired) electrons. The van der Waals surface area contributed by atoms with Crippen LogP contribution in [0.15, 0.2) is 22.9 Å². The van der Waals surface area contributed by atoms with Crippen molar-refractivity contribution in [3.63, 3.8) is 0 Å². The van der Waals surface area contributed by atoms with Crippen LogP contribution in [0.4, 0.5) is 14.7 Å². The number of benzene rings is 1. The summed E-state index contributed by atoms with van der Waals surface area (Å²) in [6, 6.07) is 1.86. The van der Waals surface area contributed by atoms with Crippen molar-refractivity contribution in [1.29, 1.82) is 0 Å². The molecule has 0 aliphatic heterocycles. The van der Waals surface area contributed by atoms with Crippen LogP contribution in [0.5, 0.6) is 0 Å². The van der Waals surface area contributed by atoms with E-state index in [4.69, 9.17) is 17.3 Å². The molecule has 0 saturated carbocycles. The van der Waals surface area contributed by atoms with E-state index in [2.05, 4.69) is 9.68 Å². The molecule has 2 aromatic rings. The van der Waals surface area contributed by atoms with Gasteiger partial charge in [0, 0.05) is 5.56 Å².